The molecular weight excluding hydrogens is 797 g/mol. The van der Waals surface area contributed by atoms with E-state index in [9.17, 15) is 9.59 Å². The van der Waals surface area contributed by atoms with Crippen LogP contribution in [0.3, 0.4) is 0 Å². The molecule has 0 saturated heterocycles. The van der Waals surface area contributed by atoms with Gasteiger partial charge in [-0.05, 0) is 145 Å². The monoisotopic (exact) mass is 830 g/mol. The van der Waals surface area contributed by atoms with Crippen LogP contribution in [-0.4, -0.2) is 11.6 Å². The molecule has 4 rings (SSSR count). The lowest BCUT2D eigenvalue weighted by molar-refractivity contribution is -0.122. The quantitative estimate of drug-likeness (QED) is 0.116. The molecule has 0 bridgehead atoms. The van der Waals surface area contributed by atoms with Crippen molar-refractivity contribution in [3.8, 4) is 11.1 Å². The highest BCUT2D eigenvalue weighted by Gasteiger charge is 2.24. The van der Waals surface area contributed by atoms with Crippen LogP contribution < -0.4 is 0 Å². The molecule has 1 aliphatic rings. The van der Waals surface area contributed by atoms with Gasteiger partial charge in [-0.1, -0.05) is 74.5 Å². The molecule has 0 aliphatic heterocycles. The Hall–Kier alpha value is -0.810. The summed E-state index contributed by atoms with van der Waals surface area (Å²) in [6, 6.07) is 21.2. The number of halogens is 3. The summed E-state index contributed by atoms with van der Waals surface area (Å²) in [5, 5.41) is 0. The van der Waals surface area contributed by atoms with Crippen LogP contribution in [-0.2, 0) is 23.5 Å². The van der Waals surface area contributed by atoms with Crippen molar-refractivity contribution in [1.29, 1.82) is 0 Å². The minimum absolute atomic E-state index is 0.00618. The molecule has 1 aliphatic carbocycles. The van der Waals surface area contributed by atoms with Gasteiger partial charge in [-0.15, -0.1) is 0 Å². The SMILES string of the molecule is CCC(C)C(=O)CCC1Cc2ccc(CC(=O)c3cccc(C)c3-c3ccc(C(I)(I)I)cc3)cc2C1. The van der Waals surface area contributed by atoms with E-state index in [4.69, 9.17) is 0 Å². The number of alkyl halides is 3. The van der Waals surface area contributed by atoms with Crippen molar-refractivity contribution in [2.24, 2.45) is 11.8 Å². The second kappa shape index (κ2) is 12.6. The van der Waals surface area contributed by atoms with E-state index in [-0.39, 0.29) is 11.1 Å². The third-order valence-corrected chi connectivity index (χ3v) is 9.56. The van der Waals surface area contributed by atoms with Crippen molar-refractivity contribution in [2.45, 2.75) is 58.7 Å². The zero-order chi connectivity index (χ0) is 26.7. The van der Waals surface area contributed by atoms with E-state index in [1.807, 2.05) is 19.1 Å². The molecule has 3 aromatic rings. The lowest BCUT2D eigenvalue weighted by Crippen LogP contribution is -2.12. The Balaban J connectivity index is 1.48. The lowest BCUT2D eigenvalue weighted by atomic mass is 9.90. The molecule has 0 radical (unpaired) electrons. The highest BCUT2D eigenvalue weighted by molar-refractivity contribution is 14.3. The maximum atomic E-state index is 13.6. The molecular formula is C32H33I3O2. The predicted octanol–water partition coefficient (Wildman–Crippen LogP) is 9.61. The molecule has 0 amide bonds. The third-order valence-electron chi connectivity index (χ3n) is 7.69. The molecule has 0 heterocycles. The molecule has 37 heavy (non-hydrogen) atoms. The molecule has 2 unspecified atom stereocenters. The van der Waals surface area contributed by atoms with Gasteiger partial charge in [0.2, 0.25) is 0 Å². The summed E-state index contributed by atoms with van der Waals surface area (Å²) in [7, 11) is 0. The van der Waals surface area contributed by atoms with Gasteiger partial charge in [0.15, 0.2) is 5.78 Å². The molecule has 0 fully saturated rings. The summed E-state index contributed by atoms with van der Waals surface area (Å²) < 4.78 is 0.00618. The Labute approximate surface area is 262 Å². The summed E-state index contributed by atoms with van der Waals surface area (Å²) >= 11 is 7.30. The van der Waals surface area contributed by atoms with E-state index in [1.54, 1.807) is 0 Å². The Morgan fingerprint density at radius 1 is 0.973 bits per heavy atom. The van der Waals surface area contributed by atoms with Crippen LogP contribution >= 0.6 is 67.8 Å². The normalized spacial score (nSPS) is 15.9. The number of carbonyl (C=O) groups is 2. The maximum Gasteiger partial charge on any atom is 0.167 e. The van der Waals surface area contributed by atoms with E-state index in [1.165, 1.54) is 16.7 Å². The average molecular weight is 830 g/mol. The fourth-order valence-electron chi connectivity index (χ4n) is 5.29. The minimum Gasteiger partial charge on any atom is -0.299 e. The smallest absolute Gasteiger partial charge is 0.167 e. The second-order valence-corrected chi connectivity index (χ2v) is 21.4. The molecule has 3 aromatic carbocycles. The molecule has 2 atom stereocenters. The maximum absolute atomic E-state index is 13.6. The van der Waals surface area contributed by atoms with Gasteiger partial charge in [0.05, 0.1) is 0 Å². The predicted molar refractivity (Wildman–Crippen MR) is 179 cm³/mol. The zero-order valence-corrected chi connectivity index (χ0v) is 28.1. The first-order valence-electron chi connectivity index (χ1n) is 13.0. The standard InChI is InChI=1S/C32H33I3O2/c1-4-20(2)29(36)15-9-22-16-25-10-8-23(18-26(25)17-22)19-30(37)28-7-5-6-21(3)31(28)24-11-13-27(14-12-24)32(33,34)35/h5-8,10-14,18,20,22H,4,9,15-17,19H2,1-3H3. The van der Waals surface area contributed by atoms with E-state index in [0.717, 1.165) is 53.5 Å². The van der Waals surface area contributed by atoms with Gasteiger partial charge in [-0.2, -0.15) is 0 Å². The molecule has 5 heteroatoms. The minimum atomic E-state index is 0.00618. The summed E-state index contributed by atoms with van der Waals surface area (Å²) in [5.41, 5.74) is 9.09. The van der Waals surface area contributed by atoms with Crippen molar-refractivity contribution in [2.75, 3.05) is 0 Å². The largest absolute Gasteiger partial charge is 0.299 e. The number of hydrogen-bond donors (Lipinski definition) is 0. The van der Waals surface area contributed by atoms with Gasteiger partial charge in [-0.25, -0.2) is 0 Å². The Kier molecular flexibility index (Phi) is 9.92. The molecule has 0 N–H and O–H groups in total. The summed E-state index contributed by atoms with van der Waals surface area (Å²) in [4.78, 5) is 25.9. The topological polar surface area (TPSA) is 34.1 Å². The average Bonchev–Trinajstić information content (AvgIpc) is 3.28. The van der Waals surface area contributed by atoms with Crippen LogP contribution in [0.25, 0.3) is 11.1 Å². The molecule has 0 spiro atoms. The first-order chi connectivity index (χ1) is 17.6. The summed E-state index contributed by atoms with van der Waals surface area (Å²) in [6.07, 6.45) is 5.03. The van der Waals surface area contributed by atoms with E-state index >= 15 is 0 Å². The highest BCUT2D eigenvalue weighted by atomic mass is 127. The summed E-state index contributed by atoms with van der Waals surface area (Å²) in [5.74, 6) is 1.25. The second-order valence-electron chi connectivity index (χ2n) is 10.4. The van der Waals surface area contributed by atoms with E-state index in [0.29, 0.717) is 24.5 Å². The van der Waals surface area contributed by atoms with Gasteiger partial charge < -0.3 is 0 Å². The van der Waals surface area contributed by atoms with Crippen molar-refractivity contribution in [1.82, 2.24) is 0 Å². The van der Waals surface area contributed by atoms with Crippen molar-refractivity contribution in [3.05, 3.63) is 94.0 Å². The van der Waals surface area contributed by atoms with Gasteiger partial charge >= 0.3 is 0 Å². The molecule has 194 valence electrons. The number of ketones is 2. The number of fused-ring (bicyclic) bond motifs is 1. The van der Waals surface area contributed by atoms with E-state index < -0.39 is 0 Å². The number of benzene rings is 3. The van der Waals surface area contributed by atoms with Gasteiger partial charge in [-0.3, -0.25) is 9.59 Å². The number of aryl methyl sites for hydroxylation is 1. The van der Waals surface area contributed by atoms with Gasteiger partial charge in [0.1, 0.15) is 5.22 Å². The molecule has 0 saturated carbocycles. The number of carbonyl (C=O) groups excluding carboxylic acids is 2. The van der Waals surface area contributed by atoms with Crippen molar-refractivity contribution < 1.29 is 9.59 Å². The van der Waals surface area contributed by atoms with Crippen molar-refractivity contribution >= 4 is 79.3 Å². The number of rotatable bonds is 10. The fourth-order valence-corrected chi connectivity index (χ4v) is 6.37. The Morgan fingerprint density at radius 2 is 1.68 bits per heavy atom. The lowest BCUT2D eigenvalue weighted by Gasteiger charge is -2.16. The van der Waals surface area contributed by atoms with Gasteiger partial charge in [0, 0.05) is 24.3 Å². The van der Waals surface area contributed by atoms with Crippen LogP contribution in [0.1, 0.15) is 71.3 Å². The van der Waals surface area contributed by atoms with Crippen LogP contribution in [0, 0.1) is 18.8 Å². The summed E-state index contributed by atoms with van der Waals surface area (Å²) in [6.45, 7) is 6.20. The molecule has 2 nitrogen and oxygen atoms in total. The Morgan fingerprint density at radius 3 is 2.35 bits per heavy atom. The van der Waals surface area contributed by atoms with E-state index in [2.05, 4.69) is 130 Å². The zero-order valence-electron chi connectivity index (χ0n) is 21.6. The molecule has 0 aromatic heterocycles. The number of Topliss-reactive ketones (excluding diaryl/α,β-unsaturated/α-hetero) is 2. The van der Waals surface area contributed by atoms with Crippen LogP contribution in [0.5, 0.6) is 0 Å². The first kappa shape index (κ1) is 29.2. The van der Waals surface area contributed by atoms with Crippen molar-refractivity contribution in [3.63, 3.8) is 0 Å². The third kappa shape index (κ3) is 7.24. The number of hydrogen-bond acceptors (Lipinski definition) is 2. The highest BCUT2D eigenvalue weighted by Crippen LogP contribution is 2.46. The first-order valence-corrected chi connectivity index (χ1v) is 16.2. The van der Waals surface area contributed by atoms with Crippen LogP contribution in [0.15, 0.2) is 60.7 Å². The van der Waals surface area contributed by atoms with Crippen LogP contribution in [0.4, 0.5) is 0 Å². The fraction of sp³-hybridized carbons (Fsp3) is 0.375. The van der Waals surface area contributed by atoms with Gasteiger partial charge in [0.25, 0.3) is 0 Å². The van der Waals surface area contributed by atoms with Crippen LogP contribution in [0.2, 0.25) is 0 Å². The Bertz CT molecular complexity index is 1290.